The van der Waals surface area contributed by atoms with E-state index in [2.05, 4.69) is 83.3 Å². The Hall–Kier alpha value is 0.117. The van der Waals surface area contributed by atoms with Crippen molar-refractivity contribution in [3.63, 3.8) is 0 Å². The molecule has 130 valence electrons. The van der Waals surface area contributed by atoms with Crippen LogP contribution in [0.25, 0.3) is 0 Å². The number of rotatable bonds is 7. The van der Waals surface area contributed by atoms with Crippen molar-refractivity contribution >= 4 is 36.9 Å². The normalized spacial score (nSPS) is 17.8. The van der Waals surface area contributed by atoms with Crippen molar-refractivity contribution in [2.24, 2.45) is 11.8 Å². The molecule has 0 aromatic rings. The maximum absolute atomic E-state index is 11.4. The Bertz CT molecular complexity index is 395. The summed E-state index contributed by atoms with van der Waals surface area (Å²) in [5.41, 5.74) is 0. The molecule has 22 heavy (non-hydrogen) atoms. The Morgan fingerprint density at radius 3 is 2.09 bits per heavy atom. The van der Waals surface area contributed by atoms with Crippen molar-refractivity contribution in [3.05, 3.63) is 9.66 Å². The van der Waals surface area contributed by atoms with Crippen molar-refractivity contribution in [2.45, 2.75) is 72.7 Å². The van der Waals surface area contributed by atoms with E-state index >= 15 is 0 Å². The van der Waals surface area contributed by atoms with Gasteiger partial charge in [-0.1, -0.05) is 40.7 Å². The van der Waals surface area contributed by atoms with Gasteiger partial charge >= 0.3 is 5.97 Å². The average molecular weight is 440 g/mol. The number of hydrogen-bond acceptors (Lipinski definition) is 3. The molecule has 0 aliphatic rings. The molecule has 0 rings (SSSR count). The number of hydrogen-bond donors (Lipinski definition) is 0. The first-order valence-corrected chi connectivity index (χ1v) is 11.9. The summed E-state index contributed by atoms with van der Waals surface area (Å²) < 4.78 is 13.1. The standard InChI is InChI=1S/C17H33IO3Si/c1-12(10-14(3)18)16(21-15(4)19)13(2)11-20-22(8,9)17(5,6)7/h10,12-13,16H,11H2,1-9H3/b14-10+/t12-,13-,16+/m0/s1. The van der Waals surface area contributed by atoms with Crippen molar-refractivity contribution in [2.75, 3.05) is 6.61 Å². The first-order chi connectivity index (χ1) is 9.78. The van der Waals surface area contributed by atoms with Crippen LogP contribution in [0.2, 0.25) is 18.1 Å². The lowest BCUT2D eigenvalue weighted by molar-refractivity contribution is -0.151. The van der Waals surface area contributed by atoms with Crippen LogP contribution in [0, 0.1) is 11.8 Å². The lowest BCUT2D eigenvalue weighted by Gasteiger charge is -2.38. The molecule has 3 nitrogen and oxygen atoms in total. The van der Waals surface area contributed by atoms with E-state index in [1.54, 1.807) is 0 Å². The van der Waals surface area contributed by atoms with E-state index < -0.39 is 8.32 Å². The van der Waals surface area contributed by atoms with Gasteiger partial charge in [-0.25, -0.2) is 0 Å². The van der Waals surface area contributed by atoms with Crippen molar-refractivity contribution in [3.8, 4) is 0 Å². The molecule has 0 unspecified atom stereocenters. The van der Waals surface area contributed by atoms with Crippen LogP contribution in [0.15, 0.2) is 9.66 Å². The fourth-order valence-electron chi connectivity index (χ4n) is 2.04. The predicted molar refractivity (Wildman–Crippen MR) is 105 cm³/mol. The molecule has 0 fully saturated rings. The molecule has 3 atom stereocenters. The van der Waals surface area contributed by atoms with Crippen molar-refractivity contribution in [1.82, 2.24) is 0 Å². The number of halogens is 1. The second-order valence-corrected chi connectivity index (χ2v) is 14.2. The van der Waals surface area contributed by atoms with Gasteiger partial charge in [-0.3, -0.25) is 4.79 Å². The second-order valence-electron chi connectivity index (χ2n) is 7.74. The van der Waals surface area contributed by atoms with Crippen molar-refractivity contribution in [1.29, 1.82) is 0 Å². The minimum Gasteiger partial charge on any atom is -0.462 e. The molecule has 0 aromatic heterocycles. The number of ether oxygens (including phenoxy) is 1. The van der Waals surface area contributed by atoms with E-state index in [0.29, 0.717) is 6.61 Å². The number of allylic oxidation sites excluding steroid dienone is 1. The van der Waals surface area contributed by atoms with Crippen LogP contribution in [0.3, 0.4) is 0 Å². The number of esters is 1. The second kappa shape index (κ2) is 8.83. The Balaban J connectivity index is 4.95. The monoisotopic (exact) mass is 440 g/mol. The van der Waals surface area contributed by atoms with Gasteiger partial charge in [0.1, 0.15) is 6.10 Å². The molecule has 0 bridgehead atoms. The van der Waals surface area contributed by atoms with Crippen LogP contribution in [-0.2, 0) is 14.0 Å². The van der Waals surface area contributed by atoms with Gasteiger partial charge in [-0.05, 0) is 51.2 Å². The molecule has 0 spiro atoms. The van der Waals surface area contributed by atoms with Gasteiger partial charge in [0, 0.05) is 25.4 Å². The number of carbonyl (C=O) groups is 1. The van der Waals surface area contributed by atoms with Crippen LogP contribution >= 0.6 is 22.6 Å². The number of carbonyl (C=O) groups excluding carboxylic acids is 1. The highest BCUT2D eigenvalue weighted by molar-refractivity contribution is 14.1. The first-order valence-electron chi connectivity index (χ1n) is 7.93. The van der Waals surface area contributed by atoms with Gasteiger partial charge in [0.2, 0.25) is 0 Å². The Morgan fingerprint density at radius 2 is 1.73 bits per heavy atom. The van der Waals surface area contributed by atoms with Crippen LogP contribution in [0.4, 0.5) is 0 Å². The predicted octanol–water partition coefficient (Wildman–Crippen LogP) is 5.55. The molecular weight excluding hydrogens is 407 g/mol. The molecule has 0 radical (unpaired) electrons. The first kappa shape index (κ1) is 22.1. The maximum Gasteiger partial charge on any atom is 0.302 e. The smallest absolute Gasteiger partial charge is 0.302 e. The Morgan fingerprint density at radius 1 is 1.23 bits per heavy atom. The van der Waals surface area contributed by atoms with Crippen molar-refractivity contribution < 1.29 is 14.0 Å². The van der Waals surface area contributed by atoms with Crippen LogP contribution in [-0.4, -0.2) is 27.0 Å². The molecule has 0 aromatic carbocycles. The lowest BCUT2D eigenvalue weighted by Crippen LogP contribution is -2.43. The Labute approximate surface area is 151 Å². The molecule has 0 aliphatic carbocycles. The molecule has 0 saturated heterocycles. The fraction of sp³-hybridized carbons (Fsp3) is 0.824. The molecule has 0 saturated carbocycles. The fourth-order valence-corrected chi connectivity index (χ4v) is 3.72. The SMILES string of the molecule is CC(=O)O[C@H]([C@@H](C)/C=C(\C)I)[C@@H](C)CO[Si](C)(C)C(C)(C)C. The van der Waals surface area contributed by atoms with E-state index in [4.69, 9.17) is 9.16 Å². The molecule has 0 heterocycles. The largest absolute Gasteiger partial charge is 0.462 e. The molecule has 0 N–H and O–H groups in total. The van der Waals surface area contributed by atoms with E-state index in [1.165, 1.54) is 10.5 Å². The third-order valence-corrected chi connectivity index (χ3v) is 9.25. The minimum absolute atomic E-state index is 0.146. The minimum atomic E-state index is -1.78. The zero-order valence-corrected chi connectivity index (χ0v) is 18.8. The van der Waals surface area contributed by atoms with Gasteiger partial charge < -0.3 is 9.16 Å². The summed E-state index contributed by atoms with van der Waals surface area (Å²) in [5.74, 6) is 0.120. The van der Waals surface area contributed by atoms with Gasteiger partial charge in [0.15, 0.2) is 8.32 Å². The zero-order chi connectivity index (χ0) is 17.7. The zero-order valence-electron chi connectivity index (χ0n) is 15.6. The summed E-state index contributed by atoms with van der Waals surface area (Å²) in [6.07, 6.45) is 2.00. The topological polar surface area (TPSA) is 35.5 Å². The third kappa shape index (κ3) is 7.59. The quantitative estimate of drug-likeness (QED) is 0.296. The van der Waals surface area contributed by atoms with Crippen LogP contribution in [0.1, 0.15) is 48.5 Å². The summed E-state index contributed by atoms with van der Waals surface area (Å²) in [6, 6.07) is 0. The molecule has 0 amide bonds. The van der Waals surface area contributed by atoms with Crippen LogP contribution < -0.4 is 0 Å². The van der Waals surface area contributed by atoms with Gasteiger partial charge in [0.25, 0.3) is 0 Å². The van der Waals surface area contributed by atoms with E-state index in [1.807, 2.05) is 0 Å². The third-order valence-electron chi connectivity index (χ3n) is 4.39. The van der Waals surface area contributed by atoms with E-state index in [0.717, 1.165) is 0 Å². The summed E-state index contributed by atoms with van der Waals surface area (Å²) in [5, 5.41) is 0.188. The van der Waals surface area contributed by atoms with Crippen LogP contribution in [0.5, 0.6) is 0 Å². The average Bonchev–Trinajstić information content (AvgIpc) is 2.30. The summed E-state index contributed by atoms with van der Waals surface area (Å²) >= 11 is 2.29. The molecule has 5 heteroatoms. The molecule has 0 aliphatic heterocycles. The highest BCUT2D eigenvalue weighted by atomic mass is 127. The van der Waals surface area contributed by atoms with E-state index in [-0.39, 0.29) is 28.9 Å². The summed E-state index contributed by atoms with van der Waals surface area (Å²) in [4.78, 5) is 11.4. The maximum atomic E-state index is 11.4. The summed E-state index contributed by atoms with van der Waals surface area (Å²) in [6.45, 7) is 19.6. The highest BCUT2D eigenvalue weighted by Gasteiger charge is 2.38. The molecular formula is C17H33IO3Si. The Kier molecular flexibility index (Phi) is 8.87. The van der Waals surface area contributed by atoms with E-state index in [9.17, 15) is 4.79 Å². The lowest BCUT2D eigenvalue weighted by atomic mass is 9.93. The summed E-state index contributed by atoms with van der Waals surface area (Å²) in [7, 11) is -1.78. The van der Waals surface area contributed by atoms with Gasteiger partial charge in [0.05, 0.1) is 0 Å². The van der Waals surface area contributed by atoms with Gasteiger partial charge in [-0.15, -0.1) is 0 Å². The van der Waals surface area contributed by atoms with Gasteiger partial charge in [-0.2, -0.15) is 0 Å². The highest BCUT2D eigenvalue weighted by Crippen LogP contribution is 2.37.